The largest absolute Gasteiger partial charge is 0.383 e. The van der Waals surface area contributed by atoms with Crippen LogP contribution in [0.1, 0.15) is 25.2 Å². The van der Waals surface area contributed by atoms with Crippen LogP contribution in [0, 0.1) is 0 Å². The minimum Gasteiger partial charge on any atom is -0.383 e. The molecule has 0 radical (unpaired) electrons. The summed E-state index contributed by atoms with van der Waals surface area (Å²) in [6, 6.07) is 11.3. The fourth-order valence-corrected chi connectivity index (χ4v) is 3.80. The van der Waals surface area contributed by atoms with Crippen LogP contribution in [0.5, 0.6) is 0 Å². The van der Waals surface area contributed by atoms with Gasteiger partial charge in [-0.15, -0.1) is 0 Å². The molecule has 0 aliphatic rings. The van der Waals surface area contributed by atoms with Gasteiger partial charge in [0.15, 0.2) is 0 Å². The molecule has 0 saturated carbocycles. The van der Waals surface area contributed by atoms with E-state index in [2.05, 4.69) is 5.32 Å². The van der Waals surface area contributed by atoms with E-state index in [0.717, 1.165) is 0 Å². The molecule has 2 aromatic carbocycles. The van der Waals surface area contributed by atoms with E-state index in [4.69, 9.17) is 32.9 Å². The molecule has 0 fully saturated rings. The zero-order valence-corrected chi connectivity index (χ0v) is 19.1. The number of para-hydroxylation sites is 1. The fourth-order valence-electron chi connectivity index (χ4n) is 3.45. The summed E-state index contributed by atoms with van der Waals surface area (Å²) in [5, 5.41) is 3.94. The summed E-state index contributed by atoms with van der Waals surface area (Å²) in [5.74, 6) is 0.495. The van der Waals surface area contributed by atoms with E-state index >= 15 is 0 Å². The molecule has 1 atom stereocenters. The number of anilines is 1. The molecule has 0 aliphatic heterocycles. The third kappa shape index (κ3) is 4.84. The van der Waals surface area contributed by atoms with Crippen molar-refractivity contribution >= 4 is 45.8 Å². The Balaban J connectivity index is 2.03. The first kappa shape index (κ1) is 23.1. The highest BCUT2D eigenvalue weighted by Crippen LogP contribution is 2.31. The summed E-state index contributed by atoms with van der Waals surface area (Å²) in [6.45, 7) is 2.54. The molecule has 164 valence electrons. The van der Waals surface area contributed by atoms with E-state index < -0.39 is 12.1 Å². The van der Waals surface area contributed by atoms with Crippen LogP contribution in [-0.4, -0.2) is 40.7 Å². The molecule has 0 bridgehead atoms. The molecule has 1 unspecified atom stereocenters. The van der Waals surface area contributed by atoms with Gasteiger partial charge < -0.3 is 15.0 Å². The SMILES string of the molecule is CCC(c1nc2ccccc2c(=O)n1C)N(CCOC)C(=O)Nc1cccc(Cl)c1Cl. The van der Waals surface area contributed by atoms with Gasteiger partial charge in [-0.25, -0.2) is 9.78 Å². The number of nitrogens with one attached hydrogen (secondary N) is 1. The Kier molecular flexibility index (Phi) is 7.54. The van der Waals surface area contributed by atoms with Gasteiger partial charge in [-0.1, -0.05) is 48.3 Å². The maximum atomic E-state index is 13.3. The van der Waals surface area contributed by atoms with Crippen molar-refractivity contribution in [3.8, 4) is 0 Å². The summed E-state index contributed by atoms with van der Waals surface area (Å²) < 4.78 is 6.71. The Morgan fingerprint density at radius 2 is 1.97 bits per heavy atom. The maximum Gasteiger partial charge on any atom is 0.322 e. The van der Waals surface area contributed by atoms with E-state index in [9.17, 15) is 9.59 Å². The molecule has 2 amide bonds. The molecule has 1 N–H and O–H groups in total. The monoisotopic (exact) mass is 462 g/mol. The van der Waals surface area contributed by atoms with Crippen molar-refractivity contribution in [2.24, 2.45) is 7.05 Å². The van der Waals surface area contributed by atoms with Gasteiger partial charge >= 0.3 is 6.03 Å². The van der Waals surface area contributed by atoms with E-state index in [1.165, 1.54) is 4.57 Å². The number of urea groups is 1. The third-order valence-corrected chi connectivity index (χ3v) is 5.89. The number of rotatable bonds is 7. The zero-order chi connectivity index (χ0) is 22.5. The molecule has 9 heteroatoms. The molecule has 1 aromatic heterocycles. The number of methoxy groups -OCH3 is 1. The van der Waals surface area contributed by atoms with Crippen LogP contribution < -0.4 is 10.9 Å². The van der Waals surface area contributed by atoms with E-state index in [1.54, 1.807) is 55.5 Å². The summed E-state index contributed by atoms with van der Waals surface area (Å²) in [5.41, 5.74) is 0.824. The topological polar surface area (TPSA) is 76.5 Å². The second-order valence-electron chi connectivity index (χ2n) is 6.99. The zero-order valence-electron chi connectivity index (χ0n) is 17.6. The molecule has 1 heterocycles. The summed E-state index contributed by atoms with van der Waals surface area (Å²) >= 11 is 12.3. The molecule has 31 heavy (non-hydrogen) atoms. The third-order valence-electron chi connectivity index (χ3n) is 5.07. The summed E-state index contributed by atoms with van der Waals surface area (Å²) in [7, 11) is 3.23. The fraction of sp³-hybridized carbons (Fsp3) is 0.318. The minimum atomic E-state index is -0.463. The molecule has 3 rings (SSSR count). The Morgan fingerprint density at radius 3 is 2.68 bits per heavy atom. The Morgan fingerprint density at radius 1 is 1.23 bits per heavy atom. The first-order chi connectivity index (χ1) is 14.9. The number of aromatic nitrogens is 2. The predicted molar refractivity (Wildman–Crippen MR) is 124 cm³/mol. The first-order valence-electron chi connectivity index (χ1n) is 9.85. The van der Waals surface area contributed by atoms with Gasteiger partial charge in [-0.3, -0.25) is 9.36 Å². The Bertz CT molecular complexity index is 1150. The summed E-state index contributed by atoms with van der Waals surface area (Å²) in [6.07, 6.45) is 0.541. The smallest absolute Gasteiger partial charge is 0.322 e. The van der Waals surface area contributed by atoms with Gasteiger partial charge in [0.2, 0.25) is 0 Å². The molecular formula is C22H24Cl2N4O3. The lowest BCUT2D eigenvalue weighted by Gasteiger charge is -2.31. The number of nitrogens with zero attached hydrogens (tertiary/aromatic N) is 3. The first-order valence-corrected chi connectivity index (χ1v) is 10.6. The number of hydrogen-bond acceptors (Lipinski definition) is 4. The Hall–Kier alpha value is -2.61. The molecule has 0 spiro atoms. The van der Waals surface area contributed by atoms with Crippen molar-refractivity contribution in [3.63, 3.8) is 0 Å². The number of carbonyl (C=O) groups excluding carboxylic acids is 1. The lowest BCUT2D eigenvalue weighted by atomic mass is 10.1. The quantitative estimate of drug-likeness (QED) is 0.543. The van der Waals surface area contributed by atoms with Crippen molar-refractivity contribution in [2.75, 3.05) is 25.6 Å². The highest BCUT2D eigenvalue weighted by atomic mass is 35.5. The van der Waals surface area contributed by atoms with E-state index in [0.29, 0.717) is 47.0 Å². The molecular weight excluding hydrogens is 439 g/mol. The Labute approximate surface area is 190 Å². The van der Waals surface area contributed by atoms with E-state index in [1.807, 2.05) is 13.0 Å². The van der Waals surface area contributed by atoms with Crippen molar-refractivity contribution in [2.45, 2.75) is 19.4 Å². The van der Waals surface area contributed by atoms with Crippen LogP contribution in [0.4, 0.5) is 10.5 Å². The highest BCUT2D eigenvalue weighted by molar-refractivity contribution is 6.43. The lowest BCUT2D eigenvalue weighted by Crippen LogP contribution is -2.42. The van der Waals surface area contributed by atoms with Gasteiger partial charge in [0, 0.05) is 20.7 Å². The number of halogens is 2. The number of benzene rings is 2. The molecule has 7 nitrogen and oxygen atoms in total. The highest BCUT2D eigenvalue weighted by Gasteiger charge is 2.28. The van der Waals surface area contributed by atoms with Crippen LogP contribution in [0.15, 0.2) is 47.3 Å². The van der Waals surface area contributed by atoms with Crippen molar-refractivity contribution < 1.29 is 9.53 Å². The van der Waals surface area contributed by atoms with Gasteiger partial charge in [0.05, 0.1) is 39.3 Å². The number of ether oxygens (including phenoxy) is 1. The molecule has 3 aromatic rings. The number of fused-ring (bicyclic) bond motifs is 1. The van der Waals surface area contributed by atoms with Crippen molar-refractivity contribution in [1.29, 1.82) is 0 Å². The number of carbonyl (C=O) groups is 1. The molecule has 0 saturated heterocycles. The average Bonchev–Trinajstić information content (AvgIpc) is 2.77. The van der Waals surface area contributed by atoms with Crippen molar-refractivity contribution in [1.82, 2.24) is 14.5 Å². The van der Waals surface area contributed by atoms with E-state index in [-0.39, 0.29) is 10.6 Å². The predicted octanol–water partition coefficient (Wildman–Crippen LogP) is 4.87. The number of amides is 2. The van der Waals surface area contributed by atoms with Crippen LogP contribution in [0.3, 0.4) is 0 Å². The minimum absolute atomic E-state index is 0.163. The van der Waals surface area contributed by atoms with Gasteiger partial charge in [0.25, 0.3) is 5.56 Å². The average molecular weight is 463 g/mol. The second-order valence-corrected chi connectivity index (χ2v) is 7.78. The second kappa shape index (κ2) is 10.1. The van der Waals surface area contributed by atoms with Gasteiger partial charge in [-0.05, 0) is 30.7 Å². The summed E-state index contributed by atoms with van der Waals surface area (Å²) in [4.78, 5) is 32.5. The van der Waals surface area contributed by atoms with Gasteiger partial charge in [-0.2, -0.15) is 0 Å². The lowest BCUT2D eigenvalue weighted by molar-refractivity contribution is 0.131. The maximum absolute atomic E-state index is 13.3. The number of hydrogen-bond donors (Lipinski definition) is 1. The standard InChI is InChI=1S/C22H24Cl2N4O3/c1-4-18(20-25-16-10-6-5-8-14(16)21(29)27(20)2)28(12-13-31-3)22(30)26-17-11-7-9-15(23)19(17)24/h5-11,18H,4,12-13H2,1-3H3,(H,26,30). The van der Waals surface area contributed by atoms with Crippen LogP contribution in [0.25, 0.3) is 10.9 Å². The van der Waals surface area contributed by atoms with Crippen molar-refractivity contribution in [3.05, 3.63) is 68.7 Å². The van der Waals surface area contributed by atoms with Crippen LogP contribution in [0.2, 0.25) is 10.0 Å². The van der Waals surface area contributed by atoms with Gasteiger partial charge in [0.1, 0.15) is 5.82 Å². The normalized spacial score (nSPS) is 12.0. The molecule has 0 aliphatic carbocycles. The van der Waals surface area contributed by atoms with Crippen LogP contribution >= 0.6 is 23.2 Å². The van der Waals surface area contributed by atoms with Crippen LogP contribution in [-0.2, 0) is 11.8 Å².